The molecule has 0 radical (unpaired) electrons. The smallest absolute Gasteiger partial charge is 0.199 e. The van der Waals surface area contributed by atoms with Crippen LogP contribution in [0.4, 0.5) is 0 Å². The van der Waals surface area contributed by atoms with Gasteiger partial charge in [0.15, 0.2) is 6.67 Å². The van der Waals surface area contributed by atoms with E-state index in [0.717, 1.165) is 19.3 Å². The van der Waals surface area contributed by atoms with Crippen molar-refractivity contribution in [2.24, 2.45) is 0 Å². The average molecular weight is 185 g/mol. The summed E-state index contributed by atoms with van der Waals surface area (Å²) in [6.45, 7) is 18.9. The van der Waals surface area contributed by atoms with Gasteiger partial charge in [0.05, 0.1) is 0 Å². The Kier molecular flexibility index (Phi) is 4.62. The van der Waals surface area contributed by atoms with Crippen molar-refractivity contribution in [1.29, 1.82) is 0 Å². The van der Waals surface area contributed by atoms with Gasteiger partial charge in [-0.25, -0.2) is 9.48 Å². The first-order chi connectivity index (χ1) is 6.00. The van der Waals surface area contributed by atoms with Crippen molar-refractivity contribution >= 4 is 6.72 Å². The van der Waals surface area contributed by atoms with Crippen LogP contribution in [-0.4, -0.2) is 41.0 Å². The second kappa shape index (κ2) is 4.75. The second-order valence-electron chi connectivity index (χ2n) is 3.93. The highest BCUT2D eigenvalue weighted by molar-refractivity contribution is 5.15. The average Bonchev–Trinajstić information content (AvgIpc) is 2.58. The van der Waals surface area contributed by atoms with Crippen molar-refractivity contribution in [3.05, 3.63) is 0 Å². The van der Waals surface area contributed by atoms with Crippen LogP contribution in [0.1, 0.15) is 41.5 Å². The van der Waals surface area contributed by atoms with Gasteiger partial charge in [-0.05, 0) is 27.7 Å². The van der Waals surface area contributed by atoms with Crippen LogP contribution >= 0.6 is 0 Å². The minimum absolute atomic E-state index is 0.408. The summed E-state index contributed by atoms with van der Waals surface area (Å²) in [5.41, 5.74) is 0.408. The maximum Gasteiger partial charge on any atom is 0.199 e. The van der Waals surface area contributed by atoms with E-state index in [1.54, 1.807) is 0 Å². The summed E-state index contributed by atoms with van der Waals surface area (Å²) >= 11 is 0. The molecule has 0 saturated carbocycles. The van der Waals surface area contributed by atoms with E-state index in [0.29, 0.717) is 5.54 Å². The van der Waals surface area contributed by atoms with Gasteiger partial charge >= 0.3 is 0 Å². The van der Waals surface area contributed by atoms with Gasteiger partial charge < -0.3 is 0 Å². The summed E-state index contributed by atoms with van der Waals surface area (Å²) in [5.74, 6) is 0. The van der Waals surface area contributed by atoms with Gasteiger partial charge in [-0.2, -0.15) is 0 Å². The van der Waals surface area contributed by atoms with Crippen LogP contribution in [0.5, 0.6) is 0 Å². The third-order valence-electron chi connectivity index (χ3n) is 2.96. The van der Waals surface area contributed by atoms with Gasteiger partial charge in [-0.15, -0.1) is 0 Å². The quantitative estimate of drug-likeness (QED) is 0.371. The van der Waals surface area contributed by atoms with Gasteiger partial charge in [0.2, 0.25) is 0 Å². The molecule has 0 aromatic rings. The molecule has 0 aromatic heterocycles. The summed E-state index contributed by atoms with van der Waals surface area (Å²) in [5, 5.41) is 0. The molecule has 2 heteroatoms. The highest BCUT2D eigenvalue weighted by atomic mass is 15.4. The highest BCUT2D eigenvalue weighted by Gasteiger charge is 2.53. The fraction of sp³-hybridized carbons (Fsp3) is 0.909. The highest BCUT2D eigenvalue weighted by Crippen LogP contribution is 2.39. The van der Waals surface area contributed by atoms with E-state index in [2.05, 4.69) is 43.9 Å². The van der Waals surface area contributed by atoms with Crippen molar-refractivity contribution in [2.45, 2.75) is 53.1 Å². The van der Waals surface area contributed by atoms with Gasteiger partial charge in [0, 0.05) is 11.6 Å². The maximum atomic E-state index is 3.93. The lowest BCUT2D eigenvalue weighted by atomic mass is 10.2. The minimum Gasteiger partial charge on any atom is -0.237 e. The van der Waals surface area contributed by atoms with Crippen molar-refractivity contribution in [2.75, 3.05) is 13.2 Å². The van der Waals surface area contributed by atoms with Crippen LogP contribution in [-0.2, 0) is 0 Å². The summed E-state index contributed by atoms with van der Waals surface area (Å²) in [4.78, 5) is 2.45. The Morgan fingerprint density at radius 3 is 2.00 bits per heavy atom. The Morgan fingerprint density at radius 2 is 1.77 bits per heavy atom. The number of hydrogen-bond donors (Lipinski definition) is 0. The minimum atomic E-state index is 0.408. The first-order valence-corrected chi connectivity index (χ1v) is 5.32. The predicted molar refractivity (Wildman–Crippen MR) is 59.5 cm³/mol. The molecule has 0 aromatic carbocycles. The zero-order valence-corrected chi connectivity index (χ0v) is 10.1. The maximum absolute atomic E-state index is 3.93. The molecular formula is C11H25N2+. The molecule has 1 heterocycles. The summed E-state index contributed by atoms with van der Waals surface area (Å²) in [6, 6.07) is 0.721. The van der Waals surface area contributed by atoms with E-state index in [9.17, 15) is 0 Å². The molecule has 13 heavy (non-hydrogen) atoms. The monoisotopic (exact) mass is 185 g/mol. The number of nitrogens with zero attached hydrogens (tertiary/aromatic N) is 2. The lowest BCUT2D eigenvalue weighted by Crippen LogP contribution is -2.21. The molecular weight excluding hydrogens is 160 g/mol. The Morgan fingerprint density at radius 1 is 1.38 bits per heavy atom. The molecule has 1 fully saturated rings. The first-order valence-electron chi connectivity index (χ1n) is 5.32. The summed E-state index contributed by atoms with van der Waals surface area (Å²) in [6.07, 6.45) is 0. The SMILES string of the molecule is C=[N+](CC)CN1C(C)C1(C)C.CC. The molecule has 0 bridgehead atoms. The van der Waals surface area contributed by atoms with Crippen LogP contribution in [0, 0.1) is 0 Å². The first kappa shape index (κ1) is 12.6. The fourth-order valence-corrected chi connectivity index (χ4v) is 1.40. The van der Waals surface area contributed by atoms with Gasteiger partial charge in [0.25, 0.3) is 0 Å². The van der Waals surface area contributed by atoms with E-state index in [-0.39, 0.29) is 0 Å². The second-order valence-corrected chi connectivity index (χ2v) is 3.93. The van der Waals surface area contributed by atoms with Crippen LogP contribution < -0.4 is 0 Å². The molecule has 1 aliphatic rings. The summed E-state index contributed by atoms with van der Waals surface area (Å²) in [7, 11) is 0. The summed E-state index contributed by atoms with van der Waals surface area (Å²) < 4.78 is 2.09. The Balaban J connectivity index is 0.000000671. The van der Waals surface area contributed by atoms with E-state index in [4.69, 9.17) is 0 Å². The molecule has 78 valence electrons. The van der Waals surface area contributed by atoms with Crippen LogP contribution in [0.2, 0.25) is 0 Å². The Hall–Kier alpha value is -0.370. The van der Waals surface area contributed by atoms with Gasteiger partial charge in [0.1, 0.15) is 13.3 Å². The van der Waals surface area contributed by atoms with Crippen molar-refractivity contribution in [3.63, 3.8) is 0 Å². The molecule has 0 amide bonds. The number of rotatable bonds is 3. The topological polar surface area (TPSA) is 6.02 Å². The molecule has 1 saturated heterocycles. The predicted octanol–water partition coefficient (Wildman–Crippen LogP) is 2.19. The standard InChI is InChI=1S/C9H19N2.C2H6/c1-6-10(5)7-11-8(2)9(11,3)4;1-2/h8H,5-7H2,1-4H3;1-2H3/q+1;. The third-order valence-corrected chi connectivity index (χ3v) is 2.96. The lowest BCUT2D eigenvalue weighted by molar-refractivity contribution is -0.532. The largest absolute Gasteiger partial charge is 0.237 e. The third kappa shape index (κ3) is 2.80. The molecule has 0 N–H and O–H groups in total. The van der Waals surface area contributed by atoms with Gasteiger partial charge in [-0.3, -0.25) is 0 Å². The Bertz CT molecular complexity index is 173. The normalized spacial score (nSPS) is 28.8. The van der Waals surface area contributed by atoms with E-state index in [1.165, 1.54) is 0 Å². The molecule has 2 atom stereocenters. The molecule has 1 rings (SSSR count). The molecule has 0 spiro atoms. The van der Waals surface area contributed by atoms with Gasteiger partial charge in [-0.1, -0.05) is 13.8 Å². The van der Waals surface area contributed by atoms with Crippen molar-refractivity contribution in [3.8, 4) is 0 Å². The molecule has 2 nitrogen and oxygen atoms in total. The number of hydrogen-bond acceptors (Lipinski definition) is 1. The Labute approximate surface area is 83.3 Å². The fourth-order valence-electron chi connectivity index (χ4n) is 1.40. The van der Waals surface area contributed by atoms with Crippen LogP contribution in [0.25, 0.3) is 0 Å². The van der Waals surface area contributed by atoms with Crippen LogP contribution in [0.3, 0.4) is 0 Å². The van der Waals surface area contributed by atoms with Crippen molar-refractivity contribution in [1.82, 2.24) is 4.90 Å². The van der Waals surface area contributed by atoms with E-state index in [1.807, 2.05) is 13.8 Å². The van der Waals surface area contributed by atoms with Crippen LogP contribution in [0.15, 0.2) is 0 Å². The van der Waals surface area contributed by atoms with E-state index < -0.39 is 0 Å². The molecule has 1 aliphatic heterocycles. The zero-order valence-electron chi connectivity index (χ0n) is 10.1. The molecule has 0 aliphatic carbocycles. The lowest BCUT2D eigenvalue weighted by Gasteiger charge is -2.03. The van der Waals surface area contributed by atoms with E-state index >= 15 is 0 Å². The van der Waals surface area contributed by atoms with Crippen molar-refractivity contribution < 1.29 is 4.58 Å². The zero-order chi connectivity index (χ0) is 10.6. The molecule has 2 unspecified atom stereocenters.